The second kappa shape index (κ2) is 20.9. The quantitative estimate of drug-likeness (QED) is 0.104. The minimum Gasteiger partial charge on any atom is -0.457 e. The molecule has 8 aromatic rings. The lowest BCUT2D eigenvalue weighted by Gasteiger charge is -2.34. The van der Waals surface area contributed by atoms with E-state index in [4.69, 9.17) is 18.8 Å². The first-order valence-electron chi connectivity index (χ1n) is 22.2. The van der Waals surface area contributed by atoms with Gasteiger partial charge in [0.25, 0.3) is 11.1 Å². The van der Waals surface area contributed by atoms with E-state index in [1.807, 2.05) is 13.8 Å². The maximum absolute atomic E-state index is 14.5. The summed E-state index contributed by atoms with van der Waals surface area (Å²) in [5, 5.41) is -0.135. The Hall–Kier alpha value is -7.18. The third-order valence-corrected chi connectivity index (χ3v) is 12.5. The standard InChI is InChI=1S/C28H23BF6N2O4.C23H13BrF6N2O2/c1-15(24-20(31)9-16(30)10-21(24)32)37-14-36-26(38)18-11-17(7-8-22(18)37)41-23-6-4-5-19(25(23)28(33,34)35)29-39-12-27(2,3)13-40-29;1-11(20-16(26)7-12(25)8-17(20)27)32-10-31-22(33)14-9-13(5-6-18(14)32)34-19-4-2-3-15(24)21(19)23(28,29)30/h4-11,14-15H,12-13H2,1-3H3;2-11H,1H3/t15-;11-/m11/s1. The fourth-order valence-corrected chi connectivity index (χ4v) is 8.94. The molecule has 0 N–H and O–H groups in total. The zero-order valence-electron chi connectivity index (χ0n) is 39.2. The molecule has 9 rings (SSSR count). The van der Waals surface area contributed by atoms with E-state index in [1.54, 1.807) is 0 Å². The van der Waals surface area contributed by atoms with Crippen molar-refractivity contribution in [2.75, 3.05) is 13.2 Å². The number of ether oxygens (including phenoxy) is 2. The molecule has 0 saturated carbocycles. The molecular formula is C51H36BBrF12N4O6. The van der Waals surface area contributed by atoms with Crippen molar-refractivity contribution in [3.63, 3.8) is 0 Å². The van der Waals surface area contributed by atoms with Crippen LogP contribution in [0.5, 0.6) is 23.0 Å². The maximum Gasteiger partial charge on any atom is 0.494 e. The molecule has 0 bridgehead atoms. The fourth-order valence-electron chi connectivity index (χ4n) is 8.37. The number of fused-ring (bicyclic) bond motifs is 2. The summed E-state index contributed by atoms with van der Waals surface area (Å²) in [4.78, 5) is 32.4. The van der Waals surface area contributed by atoms with Crippen LogP contribution in [0.2, 0.25) is 0 Å². The van der Waals surface area contributed by atoms with Crippen LogP contribution in [0.15, 0.2) is 124 Å². The van der Waals surface area contributed by atoms with Crippen LogP contribution in [0.1, 0.15) is 62.0 Å². The Morgan fingerprint density at radius 1 is 0.600 bits per heavy atom. The molecular weight excluding hydrogens is 1080 g/mol. The molecule has 1 saturated heterocycles. The van der Waals surface area contributed by atoms with Crippen LogP contribution in [0, 0.1) is 40.3 Å². The van der Waals surface area contributed by atoms with Gasteiger partial charge in [-0.25, -0.2) is 26.3 Å². The first-order chi connectivity index (χ1) is 35.2. The lowest BCUT2D eigenvalue weighted by atomic mass is 9.73. The Morgan fingerprint density at radius 3 is 1.41 bits per heavy atom. The molecule has 0 unspecified atom stereocenters. The molecule has 75 heavy (non-hydrogen) atoms. The van der Waals surface area contributed by atoms with Gasteiger partial charge >= 0.3 is 19.5 Å². The summed E-state index contributed by atoms with van der Waals surface area (Å²) in [7, 11) is -1.26. The number of hydrogen-bond donors (Lipinski definition) is 0. The minimum absolute atomic E-state index is 0.0571. The summed E-state index contributed by atoms with van der Waals surface area (Å²) < 4.78 is 192. The fraction of sp³-hybridized carbons (Fsp3) is 0.216. The average molecular weight is 1120 g/mol. The van der Waals surface area contributed by atoms with Gasteiger partial charge in [-0.15, -0.1) is 0 Å². The first-order valence-corrected chi connectivity index (χ1v) is 23.0. The second-order valence-electron chi connectivity index (χ2n) is 17.8. The lowest BCUT2D eigenvalue weighted by molar-refractivity contribution is -0.139. The third-order valence-electron chi connectivity index (χ3n) is 11.9. The molecule has 0 spiro atoms. The van der Waals surface area contributed by atoms with Crippen LogP contribution in [0.4, 0.5) is 52.7 Å². The predicted molar refractivity (Wildman–Crippen MR) is 254 cm³/mol. The largest absolute Gasteiger partial charge is 0.494 e. The number of hydrogen-bond acceptors (Lipinski definition) is 8. The molecule has 10 nitrogen and oxygen atoms in total. The second-order valence-corrected chi connectivity index (χ2v) is 18.7. The molecule has 3 heterocycles. The number of aromatic nitrogens is 4. The Morgan fingerprint density at radius 2 is 1.00 bits per heavy atom. The summed E-state index contributed by atoms with van der Waals surface area (Å²) in [5.74, 6) is -7.90. The third kappa shape index (κ3) is 11.4. The first kappa shape index (κ1) is 54.1. The highest BCUT2D eigenvalue weighted by Gasteiger charge is 2.44. The van der Waals surface area contributed by atoms with Crippen LogP contribution in [0.25, 0.3) is 21.8 Å². The van der Waals surface area contributed by atoms with Crippen LogP contribution in [-0.4, -0.2) is 39.4 Å². The van der Waals surface area contributed by atoms with E-state index in [0.29, 0.717) is 24.3 Å². The molecule has 1 aliphatic rings. The van der Waals surface area contributed by atoms with Gasteiger partial charge in [0.15, 0.2) is 0 Å². The van der Waals surface area contributed by atoms with Crippen LogP contribution in [0.3, 0.4) is 0 Å². The van der Waals surface area contributed by atoms with E-state index in [2.05, 4.69) is 25.9 Å². The van der Waals surface area contributed by atoms with Crippen molar-refractivity contribution >= 4 is 50.3 Å². The minimum atomic E-state index is -4.84. The van der Waals surface area contributed by atoms with E-state index in [-0.39, 0.29) is 61.9 Å². The Kier molecular flexibility index (Phi) is 15.0. The van der Waals surface area contributed by atoms with Crippen molar-refractivity contribution in [2.45, 2.75) is 52.1 Å². The van der Waals surface area contributed by atoms with Gasteiger partial charge in [0.05, 0.1) is 52.1 Å². The number of halogens is 13. The van der Waals surface area contributed by atoms with Gasteiger partial charge in [-0.2, -0.15) is 36.3 Å². The highest BCUT2D eigenvalue weighted by Crippen LogP contribution is 2.43. The summed E-state index contributed by atoms with van der Waals surface area (Å²) in [6.07, 6.45) is -7.39. The number of nitrogens with zero attached hydrogens (tertiary/aromatic N) is 4. The van der Waals surface area contributed by atoms with Crippen molar-refractivity contribution in [3.8, 4) is 23.0 Å². The zero-order valence-corrected chi connectivity index (χ0v) is 40.8. The lowest BCUT2D eigenvalue weighted by Crippen LogP contribution is -2.49. The van der Waals surface area contributed by atoms with E-state index in [0.717, 1.165) is 24.8 Å². The monoisotopic (exact) mass is 1120 g/mol. The molecule has 2 aromatic heterocycles. The summed E-state index contributed by atoms with van der Waals surface area (Å²) in [6.45, 7) is 6.95. The van der Waals surface area contributed by atoms with Crippen molar-refractivity contribution in [2.24, 2.45) is 5.41 Å². The van der Waals surface area contributed by atoms with Gasteiger partial charge in [0.1, 0.15) is 63.5 Å². The Labute approximate surface area is 425 Å². The Balaban J connectivity index is 0.000000203. The molecule has 1 fully saturated rings. The van der Waals surface area contributed by atoms with E-state index in [9.17, 15) is 62.3 Å². The normalized spacial score (nSPS) is 14.6. The molecule has 390 valence electrons. The maximum atomic E-state index is 14.5. The van der Waals surface area contributed by atoms with E-state index < -0.39 is 111 Å². The smallest absolute Gasteiger partial charge is 0.457 e. The van der Waals surface area contributed by atoms with Crippen LogP contribution < -0.4 is 26.1 Å². The SMILES string of the molecule is C[C@H](c1c(F)cc(F)cc1F)n1cnc(=O)c2cc(Oc3cccc(B4OCC(C)(C)CO4)c3C(F)(F)F)ccc21.C[C@H](c1c(F)cc(F)cc1F)n1cnc(=O)c2cc(Oc3cccc(Br)c3C(F)(F)F)ccc21. The van der Waals surface area contributed by atoms with Gasteiger partial charge < -0.3 is 27.9 Å². The average Bonchev–Trinajstić information content (AvgIpc) is 3.31. The highest BCUT2D eigenvalue weighted by atomic mass is 79.9. The molecule has 6 aromatic carbocycles. The number of benzene rings is 6. The van der Waals surface area contributed by atoms with Crippen molar-refractivity contribution < 1.29 is 71.5 Å². The van der Waals surface area contributed by atoms with Gasteiger partial charge in [-0.05, 0) is 73.9 Å². The van der Waals surface area contributed by atoms with E-state index >= 15 is 0 Å². The van der Waals surface area contributed by atoms with Gasteiger partial charge in [-0.3, -0.25) is 9.59 Å². The molecule has 0 radical (unpaired) electrons. The number of alkyl halides is 6. The van der Waals surface area contributed by atoms with Crippen molar-refractivity contribution in [1.29, 1.82) is 0 Å². The van der Waals surface area contributed by atoms with Crippen molar-refractivity contribution in [3.05, 3.63) is 192 Å². The van der Waals surface area contributed by atoms with Crippen molar-refractivity contribution in [1.82, 2.24) is 19.1 Å². The van der Waals surface area contributed by atoms with Crippen LogP contribution in [-0.2, 0) is 21.7 Å². The topological polar surface area (TPSA) is 107 Å². The molecule has 1 aliphatic heterocycles. The predicted octanol–water partition coefficient (Wildman–Crippen LogP) is 13.0. The van der Waals surface area contributed by atoms with Gasteiger partial charge in [-0.1, -0.05) is 48.0 Å². The Bertz CT molecular complexity index is 3580. The van der Waals surface area contributed by atoms with Crippen LogP contribution >= 0.6 is 15.9 Å². The van der Waals surface area contributed by atoms with Gasteiger partial charge in [0, 0.05) is 58.5 Å². The summed E-state index contributed by atoms with van der Waals surface area (Å²) in [5.41, 5.74) is -4.76. The molecule has 24 heteroatoms. The highest BCUT2D eigenvalue weighted by molar-refractivity contribution is 9.10. The molecule has 0 amide bonds. The molecule has 2 atom stereocenters. The zero-order chi connectivity index (χ0) is 54.5. The molecule has 0 aliphatic carbocycles. The van der Waals surface area contributed by atoms with Gasteiger partial charge in [0.2, 0.25) is 0 Å². The summed E-state index contributed by atoms with van der Waals surface area (Å²) >= 11 is 2.86. The summed E-state index contributed by atoms with van der Waals surface area (Å²) in [6, 6.07) is 15.2. The number of rotatable bonds is 9. The van der Waals surface area contributed by atoms with E-state index in [1.165, 1.54) is 83.6 Å².